The zero-order chi connectivity index (χ0) is 13.8. The number of aromatic nitrogens is 1. The zero-order valence-corrected chi connectivity index (χ0v) is 11.5. The molecule has 0 unspecified atom stereocenters. The fourth-order valence-electron chi connectivity index (χ4n) is 1.64. The molecular formula is C14H13NO3S. The summed E-state index contributed by atoms with van der Waals surface area (Å²) in [6.07, 6.45) is 0. The molecule has 0 saturated heterocycles. The van der Waals surface area contributed by atoms with Crippen molar-refractivity contribution in [1.29, 1.82) is 0 Å². The van der Waals surface area contributed by atoms with Crippen LogP contribution in [-0.2, 0) is 4.79 Å². The van der Waals surface area contributed by atoms with Gasteiger partial charge in [-0.15, -0.1) is 0 Å². The van der Waals surface area contributed by atoms with Crippen LogP contribution in [0.3, 0.4) is 0 Å². The zero-order valence-electron chi connectivity index (χ0n) is 10.7. The third-order valence-electron chi connectivity index (χ3n) is 2.52. The van der Waals surface area contributed by atoms with Crippen molar-refractivity contribution < 1.29 is 14.1 Å². The Labute approximate surface area is 115 Å². The van der Waals surface area contributed by atoms with Crippen molar-refractivity contribution in [3.63, 3.8) is 0 Å². The Kier molecular flexibility index (Phi) is 4.16. The number of nitrogens with zero attached hydrogens (tertiary/aromatic N) is 1. The third-order valence-corrected chi connectivity index (χ3v) is 3.54. The highest BCUT2D eigenvalue weighted by Gasteiger charge is 2.21. The maximum atomic E-state index is 12.1. The van der Waals surface area contributed by atoms with Gasteiger partial charge in [-0.3, -0.25) is 9.59 Å². The summed E-state index contributed by atoms with van der Waals surface area (Å²) in [5.74, 6) is 0.603. The number of benzene rings is 1. The van der Waals surface area contributed by atoms with Crippen molar-refractivity contribution in [2.24, 2.45) is 0 Å². The first-order valence-corrected chi connectivity index (χ1v) is 6.76. The molecule has 0 aliphatic heterocycles. The van der Waals surface area contributed by atoms with E-state index in [1.165, 1.54) is 6.92 Å². The van der Waals surface area contributed by atoms with Crippen LogP contribution in [-0.4, -0.2) is 21.8 Å². The molecule has 1 aromatic heterocycles. The third kappa shape index (κ3) is 3.12. The van der Waals surface area contributed by atoms with E-state index in [2.05, 4.69) is 5.16 Å². The van der Waals surface area contributed by atoms with Gasteiger partial charge in [-0.05, 0) is 13.8 Å². The lowest BCUT2D eigenvalue weighted by atomic mass is 10.1. The lowest BCUT2D eigenvalue weighted by molar-refractivity contribution is -0.114. The largest absolute Gasteiger partial charge is 0.360 e. The summed E-state index contributed by atoms with van der Waals surface area (Å²) in [4.78, 5) is 23.1. The van der Waals surface area contributed by atoms with Crippen molar-refractivity contribution in [2.75, 3.05) is 5.75 Å². The molecule has 0 N–H and O–H groups in total. The van der Waals surface area contributed by atoms with Gasteiger partial charge in [0.05, 0.1) is 11.3 Å². The summed E-state index contributed by atoms with van der Waals surface area (Å²) in [5.41, 5.74) is 1.79. The lowest BCUT2D eigenvalue weighted by Gasteiger charge is -2.00. The van der Waals surface area contributed by atoms with Crippen molar-refractivity contribution in [3.8, 4) is 11.3 Å². The predicted octanol–water partition coefficient (Wildman–Crippen LogP) is 3.11. The van der Waals surface area contributed by atoms with Gasteiger partial charge in [-0.2, -0.15) is 0 Å². The standard InChI is InChI=1S/C14H13NO3S/c1-9(16)8-19-14(17)12-10(2)18-15-13(12)11-6-4-3-5-7-11/h3-7H,8H2,1-2H3. The van der Waals surface area contributed by atoms with Gasteiger partial charge in [0.2, 0.25) is 5.12 Å². The molecule has 0 spiro atoms. The first kappa shape index (κ1) is 13.5. The molecule has 0 saturated carbocycles. The van der Waals surface area contributed by atoms with E-state index in [9.17, 15) is 9.59 Å². The number of carbonyl (C=O) groups excluding carboxylic acids is 2. The smallest absolute Gasteiger partial charge is 0.225 e. The first-order valence-electron chi connectivity index (χ1n) is 5.78. The quantitative estimate of drug-likeness (QED) is 0.858. The van der Waals surface area contributed by atoms with Crippen LogP contribution in [0.5, 0.6) is 0 Å². The van der Waals surface area contributed by atoms with Crippen LogP contribution in [0.25, 0.3) is 11.3 Å². The molecular weight excluding hydrogens is 262 g/mol. The van der Waals surface area contributed by atoms with Gasteiger partial charge < -0.3 is 4.52 Å². The average Bonchev–Trinajstić information content (AvgIpc) is 2.79. The van der Waals surface area contributed by atoms with E-state index in [4.69, 9.17) is 4.52 Å². The molecule has 0 fully saturated rings. The number of aryl methyl sites for hydroxylation is 1. The molecule has 0 atom stereocenters. The number of rotatable bonds is 4. The van der Waals surface area contributed by atoms with Gasteiger partial charge >= 0.3 is 0 Å². The molecule has 2 rings (SSSR count). The van der Waals surface area contributed by atoms with E-state index in [0.29, 0.717) is 17.0 Å². The number of hydrogen-bond acceptors (Lipinski definition) is 5. The van der Waals surface area contributed by atoms with Crippen molar-refractivity contribution in [3.05, 3.63) is 41.7 Å². The monoisotopic (exact) mass is 275 g/mol. The predicted molar refractivity (Wildman–Crippen MR) is 74.1 cm³/mol. The van der Waals surface area contributed by atoms with E-state index >= 15 is 0 Å². The molecule has 5 heteroatoms. The van der Waals surface area contributed by atoms with Crippen LogP contribution in [0.2, 0.25) is 0 Å². The average molecular weight is 275 g/mol. The van der Waals surface area contributed by atoms with Crippen LogP contribution in [0.1, 0.15) is 23.0 Å². The van der Waals surface area contributed by atoms with E-state index in [1.54, 1.807) is 6.92 Å². The first-order chi connectivity index (χ1) is 9.09. The van der Waals surface area contributed by atoms with E-state index in [-0.39, 0.29) is 16.7 Å². The second-order valence-electron chi connectivity index (χ2n) is 4.11. The Morgan fingerprint density at radius 1 is 1.26 bits per heavy atom. The molecule has 2 aromatic rings. The Morgan fingerprint density at radius 3 is 2.58 bits per heavy atom. The molecule has 1 aromatic carbocycles. The second kappa shape index (κ2) is 5.84. The van der Waals surface area contributed by atoms with Gasteiger partial charge in [0.15, 0.2) is 0 Å². The van der Waals surface area contributed by atoms with Gasteiger partial charge in [-0.25, -0.2) is 0 Å². The minimum atomic E-state index is -0.187. The Hall–Kier alpha value is -1.88. The minimum absolute atomic E-state index is 0.0336. The number of Topliss-reactive ketones (excluding diaryl/α,β-unsaturated/α-hetero) is 1. The maximum Gasteiger partial charge on any atom is 0.225 e. The van der Waals surface area contributed by atoms with Crippen molar-refractivity contribution in [1.82, 2.24) is 5.16 Å². The summed E-state index contributed by atoms with van der Waals surface area (Å²) < 4.78 is 5.11. The molecule has 0 radical (unpaired) electrons. The molecule has 1 heterocycles. The highest BCUT2D eigenvalue weighted by atomic mass is 32.2. The number of ketones is 1. The fraction of sp³-hybridized carbons (Fsp3) is 0.214. The summed E-state index contributed by atoms with van der Waals surface area (Å²) in [7, 11) is 0. The Bertz CT molecular complexity index is 604. The van der Waals surface area contributed by atoms with Gasteiger partial charge in [0, 0.05) is 5.56 Å². The fourth-order valence-corrected chi connectivity index (χ4v) is 2.36. The van der Waals surface area contributed by atoms with Crippen LogP contribution in [0, 0.1) is 6.92 Å². The maximum absolute atomic E-state index is 12.1. The second-order valence-corrected chi connectivity index (χ2v) is 5.05. The lowest BCUT2D eigenvalue weighted by Crippen LogP contribution is -2.02. The number of hydrogen-bond donors (Lipinski definition) is 0. The van der Waals surface area contributed by atoms with E-state index < -0.39 is 0 Å². The highest BCUT2D eigenvalue weighted by molar-refractivity contribution is 8.14. The van der Waals surface area contributed by atoms with E-state index in [0.717, 1.165) is 17.3 Å². The topological polar surface area (TPSA) is 60.2 Å². The number of thioether (sulfide) groups is 1. The van der Waals surface area contributed by atoms with Crippen LogP contribution in [0.4, 0.5) is 0 Å². The Balaban J connectivity index is 2.33. The number of carbonyl (C=O) groups is 2. The summed E-state index contributed by atoms with van der Waals surface area (Å²) in [6.45, 7) is 3.15. The van der Waals surface area contributed by atoms with Gasteiger partial charge in [0.25, 0.3) is 0 Å². The van der Waals surface area contributed by atoms with Crippen molar-refractivity contribution >= 4 is 22.7 Å². The molecule has 0 aliphatic rings. The van der Waals surface area contributed by atoms with Crippen molar-refractivity contribution in [2.45, 2.75) is 13.8 Å². The van der Waals surface area contributed by atoms with E-state index in [1.807, 2.05) is 30.3 Å². The normalized spacial score (nSPS) is 10.4. The molecule has 0 amide bonds. The summed E-state index contributed by atoms with van der Waals surface area (Å²) in [5, 5.41) is 3.75. The molecule has 0 bridgehead atoms. The minimum Gasteiger partial charge on any atom is -0.360 e. The van der Waals surface area contributed by atoms with Gasteiger partial charge in [-0.1, -0.05) is 47.3 Å². The molecule has 4 nitrogen and oxygen atoms in total. The van der Waals surface area contributed by atoms with Gasteiger partial charge in [0.1, 0.15) is 17.2 Å². The van der Waals surface area contributed by atoms with Crippen LogP contribution < -0.4 is 0 Å². The van der Waals surface area contributed by atoms with Crippen LogP contribution in [0.15, 0.2) is 34.9 Å². The van der Waals surface area contributed by atoms with Crippen LogP contribution >= 0.6 is 11.8 Å². The Morgan fingerprint density at radius 2 is 1.95 bits per heavy atom. The summed E-state index contributed by atoms with van der Waals surface area (Å²) >= 11 is 0.977. The summed E-state index contributed by atoms with van der Waals surface area (Å²) in [6, 6.07) is 9.36. The highest BCUT2D eigenvalue weighted by Crippen LogP contribution is 2.28. The molecule has 0 aliphatic carbocycles. The molecule has 98 valence electrons. The SMILES string of the molecule is CC(=O)CSC(=O)c1c(-c2ccccc2)noc1C. The molecule has 19 heavy (non-hydrogen) atoms.